The van der Waals surface area contributed by atoms with Gasteiger partial charge in [-0.05, 0) is 12.1 Å². The third-order valence-corrected chi connectivity index (χ3v) is 4.21. The van der Waals surface area contributed by atoms with Gasteiger partial charge in [-0.15, -0.1) is 0 Å². The van der Waals surface area contributed by atoms with Crippen LogP contribution in [-0.4, -0.2) is 35.7 Å². The molecule has 0 fully saturated rings. The Kier molecular flexibility index (Phi) is 4.64. The average Bonchev–Trinajstić information content (AvgIpc) is 2.68. The maximum atomic E-state index is 12.7. The second-order valence-electron chi connectivity index (χ2n) is 6.00. The van der Waals surface area contributed by atoms with Crippen LogP contribution in [-0.2, 0) is 7.05 Å². The highest BCUT2D eigenvalue weighted by Gasteiger charge is 2.28. The van der Waals surface area contributed by atoms with Crippen LogP contribution in [0.5, 0.6) is 17.2 Å². The second-order valence-corrected chi connectivity index (χ2v) is 6.00. The molecule has 0 spiro atoms. The maximum Gasteiger partial charge on any atom is 0.416 e. The number of anilines is 3. The fraction of sp³-hybridized carbons (Fsp3) is 0.0556. The lowest BCUT2D eigenvalue weighted by molar-refractivity contribution is 0.204. The van der Waals surface area contributed by atoms with Crippen molar-refractivity contribution in [3.63, 3.8) is 0 Å². The van der Waals surface area contributed by atoms with E-state index in [1.807, 2.05) is 0 Å². The topological polar surface area (TPSA) is 171 Å². The van der Waals surface area contributed by atoms with Crippen LogP contribution in [0.1, 0.15) is 0 Å². The first kappa shape index (κ1) is 19.4. The molecule has 3 rings (SSSR count). The lowest BCUT2D eigenvalue weighted by Crippen LogP contribution is -2.43. The van der Waals surface area contributed by atoms with E-state index in [0.717, 1.165) is 23.7 Å². The highest BCUT2D eigenvalue weighted by Crippen LogP contribution is 2.40. The monoisotopic (exact) mass is 400 g/mol. The van der Waals surface area contributed by atoms with E-state index in [4.69, 9.17) is 5.73 Å². The zero-order valence-electron chi connectivity index (χ0n) is 15.0. The van der Waals surface area contributed by atoms with Crippen molar-refractivity contribution in [3.05, 3.63) is 63.3 Å². The molecule has 6 N–H and O–H groups in total. The smallest absolute Gasteiger partial charge is 0.416 e. The Labute approximate surface area is 162 Å². The number of aromatic nitrogens is 2. The molecule has 1 aromatic heterocycles. The first-order chi connectivity index (χ1) is 13.6. The second kappa shape index (κ2) is 6.96. The van der Waals surface area contributed by atoms with E-state index in [1.54, 1.807) is 18.2 Å². The molecule has 0 saturated heterocycles. The molecule has 11 heteroatoms. The number of carboxylic acid groups (broad SMARTS) is 1. The summed E-state index contributed by atoms with van der Waals surface area (Å²) in [7, 11) is 1.15. The van der Waals surface area contributed by atoms with Crippen LogP contribution in [0.15, 0.2) is 52.1 Å². The minimum absolute atomic E-state index is 0.286. The van der Waals surface area contributed by atoms with Gasteiger partial charge in [0.1, 0.15) is 5.82 Å². The van der Waals surface area contributed by atoms with Crippen LogP contribution < -0.4 is 21.9 Å². The SMILES string of the molecule is Cn1c(=O)c(N(C(=O)O)c2cc(O)c(O)c(O)c2)c(N)n(-c2ccccc2)c1=O. The van der Waals surface area contributed by atoms with Crippen molar-refractivity contribution in [1.82, 2.24) is 9.13 Å². The Morgan fingerprint density at radius 1 is 1.03 bits per heavy atom. The number of para-hydroxylation sites is 1. The summed E-state index contributed by atoms with van der Waals surface area (Å²) in [5.41, 5.74) is 3.52. The first-order valence-corrected chi connectivity index (χ1v) is 8.10. The summed E-state index contributed by atoms with van der Waals surface area (Å²) in [6.07, 6.45) is -1.68. The summed E-state index contributed by atoms with van der Waals surface area (Å²) in [5, 5.41) is 38.7. The molecular weight excluding hydrogens is 384 g/mol. The molecule has 1 amide bonds. The van der Waals surface area contributed by atoms with Crippen molar-refractivity contribution in [2.45, 2.75) is 0 Å². The molecular formula is C18H16N4O7. The molecule has 0 aliphatic carbocycles. The Morgan fingerprint density at radius 3 is 2.10 bits per heavy atom. The van der Waals surface area contributed by atoms with Crippen molar-refractivity contribution in [3.8, 4) is 22.9 Å². The van der Waals surface area contributed by atoms with Gasteiger partial charge in [-0.25, -0.2) is 19.1 Å². The van der Waals surface area contributed by atoms with E-state index < -0.39 is 46.1 Å². The minimum atomic E-state index is -1.68. The van der Waals surface area contributed by atoms with Gasteiger partial charge in [0.15, 0.2) is 22.9 Å². The zero-order chi connectivity index (χ0) is 21.5. The number of nitrogen functional groups attached to an aromatic ring is 1. The van der Waals surface area contributed by atoms with Gasteiger partial charge in [0.05, 0.1) is 11.4 Å². The van der Waals surface area contributed by atoms with Gasteiger partial charge in [-0.3, -0.25) is 9.36 Å². The Bertz CT molecular complexity index is 1210. The molecule has 0 radical (unpaired) electrons. The van der Waals surface area contributed by atoms with E-state index in [0.29, 0.717) is 9.47 Å². The maximum absolute atomic E-state index is 12.7. The van der Waals surface area contributed by atoms with Crippen LogP contribution in [0.25, 0.3) is 5.69 Å². The lowest BCUT2D eigenvalue weighted by Gasteiger charge is -2.23. The molecule has 0 atom stereocenters. The molecule has 150 valence electrons. The normalized spacial score (nSPS) is 10.7. The number of phenolic OH excluding ortho intramolecular Hbond substituents is 3. The van der Waals surface area contributed by atoms with E-state index >= 15 is 0 Å². The summed E-state index contributed by atoms with van der Waals surface area (Å²) < 4.78 is 1.63. The predicted octanol–water partition coefficient (Wildman–Crippen LogP) is 1.05. The van der Waals surface area contributed by atoms with Gasteiger partial charge in [0.25, 0.3) is 5.56 Å². The van der Waals surface area contributed by atoms with E-state index in [1.165, 1.54) is 12.1 Å². The quantitative estimate of drug-likeness (QED) is 0.406. The van der Waals surface area contributed by atoms with Crippen LogP contribution >= 0.6 is 0 Å². The van der Waals surface area contributed by atoms with E-state index in [2.05, 4.69) is 0 Å². The van der Waals surface area contributed by atoms with Crippen LogP contribution in [0.4, 0.5) is 22.0 Å². The summed E-state index contributed by atoms with van der Waals surface area (Å²) in [5.74, 6) is -2.98. The molecule has 0 bridgehead atoms. The molecule has 11 nitrogen and oxygen atoms in total. The number of hydrogen-bond acceptors (Lipinski definition) is 7. The number of amides is 1. The number of aromatic hydroxyl groups is 3. The molecule has 0 aliphatic rings. The summed E-state index contributed by atoms with van der Waals surface area (Å²) in [6.45, 7) is 0. The van der Waals surface area contributed by atoms with Gasteiger partial charge in [-0.1, -0.05) is 18.2 Å². The van der Waals surface area contributed by atoms with Crippen molar-refractivity contribution in [1.29, 1.82) is 0 Å². The molecule has 0 aliphatic heterocycles. The zero-order valence-corrected chi connectivity index (χ0v) is 15.0. The highest BCUT2D eigenvalue weighted by atomic mass is 16.4. The van der Waals surface area contributed by atoms with Gasteiger partial charge in [-0.2, -0.15) is 0 Å². The number of phenols is 3. The molecule has 0 saturated carbocycles. The summed E-state index contributed by atoms with van der Waals surface area (Å²) >= 11 is 0. The van der Waals surface area contributed by atoms with Crippen molar-refractivity contribution in [2.75, 3.05) is 10.6 Å². The molecule has 1 heterocycles. The summed E-state index contributed by atoms with van der Waals surface area (Å²) in [6, 6.07) is 9.65. The van der Waals surface area contributed by atoms with Crippen molar-refractivity contribution < 1.29 is 25.2 Å². The van der Waals surface area contributed by atoms with Gasteiger partial charge >= 0.3 is 11.8 Å². The third kappa shape index (κ3) is 3.10. The first-order valence-electron chi connectivity index (χ1n) is 8.10. The Hall–Kier alpha value is -4.41. The van der Waals surface area contributed by atoms with E-state index in [-0.39, 0.29) is 11.4 Å². The summed E-state index contributed by atoms with van der Waals surface area (Å²) in [4.78, 5) is 37.7. The highest BCUT2D eigenvalue weighted by molar-refractivity contribution is 5.98. The Morgan fingerprint density at radius 2 is 1.59 bits per heavy atom. The molecule has 2 aromatic carbocycles. The third-order valence-electron chi connectivity index (χ3n) is 4.21. The number of rotatable bonds is 3. The fourth-order valence-electron chi connectivity index (χ4n) is 2.81. The largest absolute Gasteiger partial charge is 0.504 e. The lowest BCUT2D eigenvalue weighted by atomic mass is 10.2. The van der Waals surface area contributed by atoms with Crippen molar-refractivity contribution >= 4 is 23.3 Å². The van der Waals surface area contributed by atoms with Gasteiger partial charge < -0.3 is 26.2 Å². The van der Waals surface area contributed by atoms with Crippen LogP contribution in [0.3, 0.4) is 0 Å². The number of benzene rings is 2. The number of nitrogens with two attached hydrogens (primary N) is 1. The molecule has 0 unspecified atom stereocenters. The fourth-order valence-corrected chi connectivity index (χ4v) is 2.81. The minimum Gasteiger partial charge on any atom is -0.504 e. The standard InChI is InChI=1S/C18H16N4O7/c1-20-16(26)13(15(19)22(17(20)27)9-5-3-2-4-6-9)21(18(28)29)10-7-11(23)14(25)12(24)8-10/h2-8,23-25H,19H2,1H3,(H,28,29). The van der Waals surface area contributed by atoms with Crippen LogP contribution in [0.2, 0.25) is 0 Å². The van der Waals surface area contributed by atoms with Crippen LogP contribution in [0, 0.1) is 0 Å². The number of carbonyl (C=O) groups is 1. The Balaban J connectivity index is 2.40. The average molecular weight is 400 g/mol. The van der Waals surface area contributed by atoms with Gasteiger partial charge in [0.2, 0.25) is 0 Å². The number of hydrogen-bond donors (Lipinski definition) is 5. The molecule has 3 aromatic rings. The number of nitrogens with zero attached hydrogens (tertiary/aromatic N) is 3. The molecule has 29 heavy (non-hydrogen) atoms. The predicted molar refractivity (Wildman–Crippen MR) is 103 cm³/mol. The van der Waals surface area contributed by atoms with Crippen molar-refractivity contribution in [2.24, 2.45) is 7.05 Å². The van der Waals surface area contributed by atoms with E-state index in [9.17, 15) is 34.8 Å². The van der Waals surface area contributed by atoms with Gasteiger partial charge in [0, 0.05) is 19.2 Å².